The van der Waals surface area contributed by atoms with Crippen LogP contribution in [0.4, 0.5) is 0 Å². The van der Waals surface area contributed by atoms with Gasteiger partial charge in [0.2, 0.25) is 6.39 Å². The molecule has 1 aromatic heterocycles. The summed E-state index contributed by atoms with van der Waals surface area (Å²) in [4.78, 5) is 9.25. The maximum absolute atomic E-state index is 4.80. The zero-order valence-electron chi connectivity index (χ0n) is 10.2. The maximum Gasteiger partial charge on any atom is 0.213 e. The van der Waals surface area contributed by atoms with Gasteiger partial charge in [-0.3, -0.25) is 9.80 Å². The molecule has 17 heavy (non-hydrogen) atoms. The van der Waals surface area contributed by atoms with Crippen LogP contribution in [-0.2, 0) is 6.54 Å². The molecule has 0 radical (unpaired) electrons. The molecule has 0 aromatic carbocycles. The van der Waals surface area contributed by atoms with Crippen molar-refractivity contribution in [3.05, 3.63) is 12.2 Å². The van der Waals surface area contributed by atoms with Crippen molar-refractivity contribution in [1.82, 2.24) is 19.9 Å². The number of fused-ring (bicyclic) bond motifs is 1. The summed E-state index contributed by atoms with van der Waals surface area (Å²) >= 11 is 0. The first kappa shape index (κ1) is 11.2. The highest BCUT2D eigenvalue weighted by atomic mass is 16.5. The lowest BCUT2D eigenvalue weighted by molar-refractivity contribution is 0.133. The van der Waals surface area contributed by atoms with Gasteiger partial charge in [0, 0.05) is 12.6 Å². The molecular weight excluding hydrogens is 216 g/mol. The SMILES string of the molecule is c1nc(CN2CCCN3CCCCC3C2)no1. The maximum atomic E-state index is 4.80. The Kier molecular flexibility index (Phi) is 3.38. The topological polar surface area (TPSA) is 45.4 Å². The molecule has 1 unspecified atom stereocenters. The van der Waals surface area contributed by atoms with Crippen molar-refractivity contribution in [3.8, 4) is 0 Å². The first-order valence-electron chi connectivity index (χ1n) is 6.63. The Morgan fingerprint density at radius 2 is 2.18 bits per heavy atom. The largest absolute Gasteiger partial charge is 0.343 e. The highest BCUT2D eigenvalue weighted by Crippen LogP contribution is 2.21. The van der Waals surface area contributed by atoms with E-state index in [4.69, 9.17) is 4.52 Å². The van der Waals surface area contributed by atoms with Gasteiger partial charge < -0.3 is 4.52 Å². The summed E-state index contributed by atoms with van der Waals surface area (Å²) in [7, 11) is 0. The minimum Gasteiger partial charge on any atom is -0.343 e. The predicted molar refractivity (Wildman–Crippen MR) is 63.4 cm³/mol. The summed E-state index contributed by atoms with van der Waals surface area (Å²) in [5.41, 5.74) is 0. The van der Waals surface area contributed by atoms with Gasteiger partial charge in [0.05, 0.1) is 6.54 Å². The molecule has 3 rings (SSSR count). The van der Waals surface area contributed by atoms with Crippen LogP contribution in [-0.4, -0.2) is 52.2 Å². The van der Waals surface area contributed by atoms with Gasteiger partial charge in [0.1, 0.15) is 0 Å². The fraction of sp³-hybridized carbons (Fsp3) is 0.833. The van der Waals surface area contributed by atoms with Crippen molar-refractivity contribution < 1.29 is 4.52 Å². The molecule has 0 bridgehead atoms. The lowest BCUT2D eigenvalue weighted by Crippen LogP contribution is -2.43. The summed E-state index contributed by atoms with van der Waals surface area (Å²) in [6.45, 7) is 5.70. The summed E-state index contributed by atoms with van der Waals surface area (Å²) in [5.74, 6) is 0.814. The quantitative estimate of drug-likeness (QED) is 0.770. The van der Waals surface area contributed by atoms with E-state index in [1.807, 2.05) is 0 Å². The van der Waals surface area contributed by atoms with E-state index in [1.165, 1.54) is 45.2 Å². The van der Waals surface area contributed by atoms with E-state index in [0.717, 1.165) is 31.5 Å². The molecule has 0 saturated carbocycles. The van der Waals surface area contributed by atoms with E-state index >= 15 is 0 Å². The van der Waals surface area contributed by atoms with Crippen molar-refractivity contribution in [3.63, 3.8) is 0 Å². The summed E-state index contributed by atoms with van der Waals surface area (Å²) in [6.07, 6.45) is 6.79. The van der Waals surface area contributed by atoms with Crippen molar-refractivity contribution >= 4 is 0 Å². The average molecular weight is 236 g/mol. The fourth-order valence-corrected chi connectivity index (χ4v) is 3.05. The van der Waals surface area contributed by atoms with E-state index in [1.54, 1.807) is 0 Å². The van der Waals surface area contributed by atoms with Crippen molar-refractivity contribution in [2.45, 2.75) is 38.3 Å². The van der Waals surface area contributed by atoms with Gasteiger partial charge in [-0.25, -0.2) is 0 Å². The van der Waals surface area contributed by atoms with Crippen molar-refractivity contribution in [2.24, 2.45) is 0 Å². The summed E-state index contributed by atoms with van der Waals surface area (Å²) in [6, 6.07) is 0.748. The minimum absolute atomic E-state index is 0.748. The van der Waals surface area contributed by atoms with Crippen LogP contribution in [0.2, 0.25) is 0 Å². The van der Waals surface area contributed by atoms with Crippen LogP contribution in [0.1, 0.15) is 31.5 Å². The number of aromatic nitrogens is 2. The second-order valence-electron chi connectivity index (χ2n) is 5.12. The van der Waals surface area contributed by atoms with E-state index in [2.05, 4.69) is 19.9 Å². The second kappa shape index (κ2) is 5.14. The molecule has 3 heterocycles. The molecule has 2 aliphatic heterocycles. The fourth-order valence-electron chi connectivity index (χ4n) is 3.05. The number of nitrogens with zero attached hydrogens (tertiary/aromatic N) is 4. The van der Waals surface area contributed by atoms with Crippen LogP contribution < -0.4 is 0 Å². The van der Waals surface area contributed by atoms with Crippen LogP contribution in [0.25, 0.3) is 0 Å². The Bertz CT molecular complexity index is 340. The first-order valence-corrected chi connectivity index (χ1v) is 6.63. The Hall–Kier alpha value is -0.940. The molecule has 1 aromatic rings. The summed E-state index contributed by atoms with van der Waals surface area (Å²) < 4.78 is 4.80. The normalized spacial score (nSPS) is 27.6. The lowest BCUT2D eigenvalue weighted by atomic mass is 10.0. The summed E-state index contributed by atoms with van der Waals surface area (Å²) in [5, 5.41) is 3.90. The molecule has 0 amide bonds. The number of piperidine rings is 1. The van der Waals surface area contributed by atoms with Gasteiger partial charge in [0.25, 0.3) is 0 Å². The smallest absolute Gasteiger partial charge is 0.213 e. The molecule has 1 atom stereocenters. The highest BCUT2D eigenvalue weighted by Gasteiger charge is 2.27. The van der Waals surface area contributed by atoms with Gasteiger partial charge in [-0.2, -0.15) is 4.98 Å². The van der Waals surface area contributed by atoms with Gasteiger partial charge in [-0.15, -0.1) is 0 Å². The second-order valence-corrected chi connectivity index (χ2v) is 5.12. The third-order valence-corrected chi connectivity index (χ3v) is 3.91. The van der Waals surface area contributed by atoms with Gasteiger partial charge in [-0.05, 0) is 38.9 Å². The molecule has 0 aliphatic carbocycles. The molecule has 5 heteroatoms. The minimum atomic E-state index is 0.748. The molecule has 0 spiro atoms. The number of hydrogen-bond donors (Lipinski definition) is 0. The Morgan fingerprint density at radius 1 is 1.24 bits per heavy atom. The van der Waals surface area contributed by atoms with E-state index in [9.17, 15) is 0 Å². The van der Waals surface area contributed by atoms with Gasteiger partial charge >= 0.3 is 0 Å². The zero-order valence-corrected chi connectivity index (χ0v) is 10.2. The molecule has 94 valence electrons. The third-order valence-electron chi connectivity index (χ3n) is 3.91. The van der Waals surface area contributed by atoms with E-state index in [-0.39, 0.29) is 0 Å². The predicted octanol–water partition coefficient (Wildman–Crippen LogP) is 1.13. The Labute approximate surface area is 102 Å². The van der Waals surface area contributed by atoms with Gasteiger partial charge in [-0.1, -0.05) is 11.6 Å². The van der Waals surface area contributed by atoms with E-state index < -0.39 is 0 Å². The molecule has 2 fully saturated rings. The molecule has 2 aliphatic rings. The monoisotopic (exact) mass is 236 g/mol. The van der Waals surface area contributed by atoms with Crippen LogP contribution in [0.15, 0.2) is 10.9 Å². The van der Waals surface area contributed by atoms with Crippen LogP contribution >= 0.6 is 0 Å². The molecule has 0 N–H and O–H groups in total. The van der Waals surface area contributed by atoms with E-state index in [0.29, 0.717) is 0 Å². The number of hydrogen-bond acceptors (Lipinski definition) is 5. The van der Waals surface area contributed by atoms with Gasteiger partial charge in [0.15, 0.2) is 5.82 Å². The van der Waals surface area contributed by atoms with Crippen LogP contribution in [0.3, 0.4) is 0 Å². The van der Waals surface area contributed by atoms with Crippen LogP contribution in [0, 0.1) is 0 Å². The lowest BCUT2D eigenvalue weighted by Gasteiger charge is -2.35. The average Bonchev–Trinajstić information content (AvgIpc) is 2.76. The zero-order chi connectivity index (χ0) is 11.5. The molecular formula is C12H20N4O. The molecule has 5 nitrogen and oxygen atoms in total. The van der Waals surface area contributed by atoms with Crippen molar-refractivity contribution in [1.29, 1.82) is 0 Å². The highest BCUT2D eigenvalue weighted by molar-refractivity contribution is 4.86. The van der Waals surface area contributed by atoms with Crippen molar-refractivity contribution in [2.75, 3.05) is 26.2 Å². The number of rotatable bonds is 2. The third kappa shape index (κ3) is 2.66. The Morgan fingerprint density at radius 3 is 3.06 bits per heavy atom. The van der Waals surface area contributed by atoms with Crippen LogP contribution in [0.5, 0.6) is 0 Å². The first-order chi connectivity index (χ1) is 8.42. The standard InChI is InChI=1S/C12H20N4O/c1-2-6-16-7-3-5-15(8-11(16)4-1)9-12-13-10-17-14-12/h10-11H,1-9H2. The molecule has 2 saturated heterocycles. The Balaban J connectivity index is 1.62.